The first-order chi connectivity index (χ1) is 7.70. The molecule has 0 saturated carbocycles. The molecule has 0 heterocycles. The monoisotopic (exact) mass is 225 g/mol. The van der Waals surface area contributed by atoms with Crippen molar-refractivity contribution >= 4 is 5.69 Å². The van der Waals surface area contributed by atoms with Crippen LogP contribution in [-0.4, -0.2) is 25.4 Å². The summed E-state index contributed by atoms with van der Waals surface area (Å²) in [6.45, 7) is 2.92. The van der Waals surface area contributed by atoms with Crippen molar-refractivity contribution in [3.8, 4) is 5.75 Å². The van der Waals surface area contributed by atoms with Gasteiger partial charge in [-0.25, -0.2) is 0 Å². The van der Waals surface area contributed by atoms with Crippen LogP contribution in [0.4, 0.5) is 5.69 Å². The number of methoxy groups -OCH3 is 1. The van der Waals surface area contributed by atoms with Crippen LogP contribution in [0, 0.1) is 0 Å². The van der Waals surface area contributed by atoms with E-state index in [4.69, 9.17) is 15.2 Å². The Hall–Kier alpha value is -1.26. The van der Waals surface area contributed by atoms with Gasteiger partial charge >= 0.3 is 0 Å². The molecule has 90 valence electrons. The fraction of sp³-hybridized carbons (Fsp3) is 0.500. The Bertz CT molecular complexity index is 328. The van der Waals surface area contributed by atoms with Crippen LogP contribution in [0.25, 0.3) is 0 Å². The van der Waals surface area contributed by atoms with Crippen LogP contribution in [0.2, 0.25) is 0 Å². The molecule has 4 nitrogen and oxygen atoms in total. The lowest BCUT2D eigenvalue weighted by atomic mass is 10.1. The van der Waals surface area contributed by atoms with E-state index in [0.717, 1.165) is 6.42 Å². The molecule has 0 aliphatic carbocycles. The molecule has 0 aromatic heterocycles. The summed E-state index contributed by atoms with van der Waals surface area (Å²) >= 11 is 0. The molecule has 0 fully saturated rings. The number of aliphatic hydroxyl groups is 1. The molecule has 1 unspecified atom stereocenters. The van der Waals surface area contributed by atoms with E-state index in [-0.39, 0.29) is 6.61 Å². The number of rotatable bonds is 6. The van der Waals surface area contributed by atoms with Gasteiger partial charge in [-0.15, -0.1) is 0 Å². The van der Waals surface area contributed by atoms with Crippen LogP contribution >= 0.6 is 0 Å². The minimum atomic E-state index is -0.707. The molecule has 1 atom stereocenters. The quantitative estimate of drug-likeness (QED) is 0.571. The minimum Gasteiger partial charge on any atom is -0.495 e. The topological polar surface area (TPSA) is 64.7 Å². The van der Waals surface area contributed by atoms with Crippen LogP contribution < -0.4 is 10.5 Å². The highest BCUT2D eigenvalue weighted by atomic mass is 16.5. The number of aliphatic hydroxyl groups excluding tert-OH is 1. The van der Waals surface area contributed by atoms with Crippen molar-refractivity contribution in [2.45, 2.75) is 19.4 Å². The fourth-order valence-electron chi connectivity index (χ4n) is 1.46. The molecular formula is C12H19NO3. The summed E-state index contributed by atoms with van der Waals surface area (Å²) < 4.78 is 10.4. The summed E-state index contributed by atoms with van der Waals surface area (Å²) in [6, 6.07) is 5.34. The lowest BCUT2D eigenvalue weighted by Gasteiger charge is -2.15. The maximum Gasteiger partial charge on any atom is 0.142 e. The predicted octanol–water partition coefficient (Wildman–Crippen LogP) is 1.74. The normalized spacial score (nSPS) is 12.4. The predicted molar refractivity (Wildman–Crippen MR) is 63.5 cm³/mol. The van der Waals surface area contributed by atoms with E-state index in [9.17, 15) is 5.11 Å². The zero-order chi connectivity index (χ0) is 12.0. The van der Waals surface area contributed by atoms with Crippen molar-refractivity contribution in [3.63, 3.8) is 0 Å². The van der Waals surface area contributed by atoms with Crippen LogP contribution in [0.1, 0.15) is 25.0 Å². The van der Waals surface area contributed by atoms with E-state index >= 15 is 0 Å². The molecule has 0 spiro atoms. The van der Waals surface area contributed by atoms with Gasteiger partial charge < -0.3 is 20.3 Å². The van der Waals surface area contributed by atoms with Gasteiger partial charge in [0.25, 0.3) is 0 Å². The van der Waals surface area contributed by atoms with Crippen molar-refractivity contribution in [2.75, 3.05) is 26.1 Å². The second-order valence-electron chi connectivity index (χ2n) is 3.55. The summed E-state index contributed by atoms with van der Waals surface area (Å²) in [5, 5.41) is 9.89. The van der Waals surface area contributed by atoms with Crippen LogP contribution in [0.5, 0.6) is 5.75 Å². The molecule has 16 heavy (non-hydrogen) atoms. The first-order valence-electron chi connectivity index (χ1n) is 5.38. The highest BCUT2D eigenvalue weighted by molar-refractivity contribution is 5.59. The molecule has 1 aromatic rings. The highest BCUT2D eigenvalue weighted by Gasteiger charge is 2.13. The molecule has 0 aliphatic rings. The Kier molecular flexibility index (Phi) is 5.08. The van der Waals surface area contributed by atoms with E-state index in [2.05, 4.69) is 0 Å². The van der Waals surface area contributed by atoms with Gasteiger partial charge in [0.05, 0.1) is 19.4 Å². The Labute approximate surface area is 96.0 Å². The molecule has 1 aromatic carbocycles. The standard InChI is InChI=1S/C12H19NO3/c1-3-7-16-8-10(14)9-5-4-6-11(15-2)12(9)13/h4-6,10,14H,3,7-8,13H2,1-2H3. The first kappa shape index (κ1) is 12.8. The summed E-state index contributed by atoms with van der Waals surface area (Å²) in [6.07, 6.45) is 0.224. The van der Waals surface area contributed by atoms with E-state index in [1.807, 2.05) is 6.92 Å². The first-order valence-corrected chi connectivity index (χ1v) is 5.38. The van der Waals surface area contributed by atoms with E-state index in [1.165, 1.54) is 0 Å². The molecule has 0 aliphatic heterocycles. The van der Waals surface area contributed by atoms with Gasteiger partial charge in [0, 0.05) is 12.2 Å². The summed E-state index contributed by atoms with van der Waals surface area (Å²) in [5.41, 5.74) is 6.98. The summed E-state index contributed by atoms with van der Waals surface area (Å²) in [7, 11) is 1.55. The van der Waals surface area contributed by atoms with Gasteiger partial charge in [0.15, 0.2) is 0 Å². The minimum absolute atomic E-state index is 0.255. The van der Waals surface area contributed by atoms with Gasteiger partial charge in [0.2, 0.25) is 0 Å². The Balaban J connectivity index is 2.71. The zero-order valence-electron chi connectivity index (χ0n) is 9.77. The number of hydrogen-bond acceptors (Lipinski definition) is 4. The summed E-state index contributed by atoms with van der Waals surface area (Å²) in [5.74, 6) is 0.576. The van der Waals surface area contributed by atoms with Crippen molar-refractivity contribution in [1.82, 2.24) is 0 Å². The van der Waals surface area contributed by atoms with E-state index in [0.29, 0.717) is 23.6 Å². The number of hydrogen-bond donors (Lipinski definition) is 2. The molecule has 0 bridgehead atoms. The largest absolute Gasteiger partial charge is 0.495 e. The smallest absolute Gasteiger partial charge is 0.142 e. The van der Waals surface area contributed by atoms with Crippen molar-refractivity contribution < 1.29 is 14.6 Å². The van der Waals surface area contributed by atoms with Crippen molar-refractivity contribution in [3.05, 3.63) is 23.8 Å². The number of nitrogens with two attached hydrogens (primary N) is 1. The van der Waals surface area contributed by atoms with Crippen LogP contribution in [0.15, 0.2) is 18.2 Å². The molecule has 0 amide bonds. The van der Waals surface area contributed by atoms with Crippen LogP contribution in [0.3, 0.4) is 0 Å². The maximum atomic E-state index is 9.89. The third-order valence-corrected chi connectivity index (χ3v) is 2.30. The zero-order valence-corrected chi connectivity index (χ0v) is 9.77. The molecule has 0 saturated heterocycles. The molecule has 0 radical (unpaired) electrons. The number of anilines is 1. The lowest BCUT2D eigenvalue weighted by molar-refractivity contribution is 0.0367. The van der Waals surface area contributed by atoms with Gasteiger partial charge in [0.1, 0.15) is 11.9 Å². The highest BCUT2D eigenvalue weighted by Crippen LogP contribution is 2.29. The Morgan fingerprint density at radius 3 is 2.81 bits per heavy atom. The van der Waals surface area contributed by atoms with Gasteiger partial charge in [-0.2, -0.15) is 0 Å². The van der Waals surface area contributed by atoms with Gasteiger partial charge in [-0.1, -0.05) is 19.1 Å². The summed E-state index contributed by atoms with van der Waals surface area (Å²) in [4.78, 5) is 0. The second kappa shape index (κ2) is 6.35. The maximum absolute atomic E-state index is 9.89. The Morgan fingerprint density at radius 2 is 2.19 bits per heavy atom. The van der Waals surface area contributed by atoms with Crippen molar-refractivity contribution in [1.29, 1.82) is 0 Å². The van der Waals surface area contributed by atoms with Gasteiger partial charge in [-0.05, 0) is 12.5 Å². The number of nitrogen functional groups attached to an aromatic ring is 1. The lowest BCUT2D eigenvalue weighted by Crippen LogP contribution is -2.10. The average Bonchev–Trinajstić information content (AvgIpc) is 2.29. The molecular weight excluding hydrogens is 206 g/mol. The van der Waals surface area contributed by atoms with E-state index < -0.39 is 6.10 Å². The number of ether oxygens (including phenoxy) is 2. The number of benzene rings is 1. The third-order valence-electron chi connectivity index (χ3n) is 2.30. The Morgan fingerprint density at radius 1 is 1.44 bits per heavy atom. The second-order valence-corrected chi connectivity index (χ2v) is 3.55. The van der Waals surface area contributed by atoms with Crippen molar-refractivity contribution in [2.24, 2.45) is 0 Å². The molecule has 1 rings (SSSR count). The fourth-order valence-corrected chi connectivity index (χ4v) is 1.46. The number of para-hydroxylation sites is 1. The SMILES string of the molecule is CCCOCC(O)c1cccc(OC)c1N. The van der Waals surface area contributed by atoms with E-state index in [1.54, 1.807) is 25.3 Å². The average molecular weight is 225 g/mol. The molecule has 3 N–H and O–H groups in total. The third kappa shape index (κ3) is 3.12. The van der Waals surface area contributed by atoms with Gasteiger partial charge in [-0.3, -0.25) is 0 Å². The van der Waals surface area contributed by atoms with Crippen LogP contribution in [-0.2, 0) is 4.74 Å². The molecule has 4 heteroatoms.